The van der Waals surface area contributed by atoms with E-state index in [0.29, 0.717) is 12.1 Å². The molecule has 0 aliphatic carbocycles. The molecule has 1 N–H and O–H groups in total. The maximum atomic E-state index is 12.2. The number of aryl methyl sites for hydroxylation is 3. The minimum Gasteiger partial charge on any atom is -0.343 e. The highest BCUT2D eigenvalue weighted by Crippen LogP contribution is 2.10. The van der Waals surface area contributed by atoms with Crippen LogP contribution in [0.15, 0.2) is 42.5 Å². The fourth-order valence-corrected chi connectivity index (χ4v) is 2.52. The molecule has 0 aliphatic heterocycles. The molecule has 2 rings (SSSR count). The topological polar surface area (TPSA) is 49.4 Å². The lowest BCUT2D eigenvalue weighted by Gasteiger charge is -2.18. The van der Waals surface area contributed by atoms with Crippen molar-refractivity contribution < 1.29 is 9.59 Å². The van der Waals surface area contributed by atoms with Crippen molar-refractivity contribution in [2.75, 3.05) is 13.6 Å². The summed E-state index contributed by atoms with van der Waals surface area (Å²) in [5, 5.41) is 2.70. The van der Waals surface area contributed by atoms with Crippen LogP contribution in [0.4, 0.5) is 0 Å². The molecular formula is C21H26N2O2. The molecule has 0 aromatic heterocycles. The summed E-state index contributed by atoms with van der Waals surface area (Å²) in [6.07, 6.45) is 1.000. The van der Waals surface area contributed by atoms with Gasteiger partial charge in [-0.05, 0) is 54.7 Å². The smallest absolute Gasteiger partial charge is 0.251 e. The van der Waals surface area contributed by atoms with Gasteiger partial charge in [0.25, 0.3) is 5.91 Å². The quantitative estimate of drug-likeness (QED) is 0.879. The van der Waals surface area contributed by atoms with Crippen molar-refractivity contribution in [3.05, 3.63) is 70.3 Å². The summed E-state index contributed by atoms with van der Waals surface area (Å²) in [7, 11) is 1.75. The van der Waals surface area contributed by atoms with Crippen molar-refractivity contribution in [1.82, 2.24) is 10.2 Å². The van der Waals surface area contributed by atoms with E-state index in [9.17, 15) is 9.59 Å². The monoisotopic (exact) mass is 338 g/mol. The van der Waals surface area contributed by atoms with Crippen LogP contribution in [0, 0.1) is 13.8 Å². The van der Waals surface area contributed by atoms with Gasteiger partial charge in [-0.3, -0.25) is 9.59 Å². The van der Waals surface area contributed by atoms with Crippen LogP contribution in [0.3, 0.4) is 0 Å². The van der Waals surface area contributed by atoms with E-state index in [-0.39, 0.29) is 18.4 Å². The zero-order valence-electron chi connectivity index (χ0n) is 15.4. The van der Waals surface area contributed by atoms with E-state index >= 15 is 0 Å². The highest BCUT2D eigenvalue weighted by molar-refractivity contribution is 5.96. The highest BCUT2D eigenvalue weighted by atomic mass is 16.2. The number of amides is 2. The number of hydrogen-bond donors (Lipinski definition) is 1. The molecule has 0 aliphatic rings. The van der Waals surface area contributed by atoms with Crippen molar-refractivity contribution in [3.8, 4) is 0 Å². The van der Waals surface area contributed by atoms with Crippen molar-refractivity contribution in [3.63, 3.8) is 0 Å². The third kappa shape index (κ3) is 5.18. The van der Waals surface area contributed by atoms with E-state index in [1.807, 2.05) is 38.1 Å². The van der Waals surface area contributed by atoms with E-state index in [0.717, 1.165) is 23.1 Å². The maximum Gasteiger partial charge on any atom is 0.251 e. The number of nitrogens with zero attached hydrogens (tertiary/aromatic N) is 1. The molecule has 2 aromatic carbocycles. The van der Waals surface area contributed by atoms with Crippen LogP contribution in [-0.2, 0) is 17.8 Å². The number of likely N-dealkylation sites (N-methyl/N-ethyl adjacent to an activating group) is 1. The Bertz CT molecular complexity index is 751. The standard InChI is InChI=1S/C21H26N2O2/c1-5-17-7-9-18(10-8-17)14-23(4)20(24)13-22-21(25)19-11-6-15(2)16(3)12-19/h6-12H,5,13-14H2,1-4H3,(H,22,25). The number of carbonyl (C=O) groups is 2. The zero-order chi connectivity index (χ0) is 18.4. The SMILES string of the molecule is CCc1ccc(CN(C)C(=O)CNC(=O)c2ccc(C)c(C)c2)cc1. The Labute approximate surface area is 149 Å². The van der Waals surface area contributed by atoms with Crippen molar-refractivity contribution in [2.45, 2.75) is 33.7 Å². The predicted octanol–water partition coefficient (Wildman–Crippen LogP) is 3.25. The molecule has 0 heterocycles. The highest BCUT2D eigenvalue weighted by Gasteiger charge is 2.12. The fraction of sp³-hybridized carbons (Fsp3) is 0.333. The van der Waals surface area contributed by atoms with Gasteiger partial charge in [0.2, 0.25) is 5.91 Å². The van der Waals surface area contributed by atoms with E-state index in [2.05, 4.69) is 24.4 Å². The second-order valence-electron chi connectivity index (χ2n) is 6.40. The molecule has 0 unspecified atom stereocenters. The van der Waals surface area contributed by atoms with Gasteiger partial charge in [0.05, 0.1) is 6.54 Å². The van der Waals surface area contributed by atoms with Gasteiger partial charge in [-0.15, -0.1) is 0 Å². The van der Waals surface area contributed by atoms with Crippen LogP contribution in [0.5, 0.6) is 0 Å². The summed E-state index contributed by atoms with van der Waals surface area (Å²) in [6, 6.07) is 13.8. The summed E-state index contributed by atoms with van der Waals surface area (Å²) >= 11 is 0. The molecule has 4 nitrogen and oxygen atoms in total. The molecule has 0 saturated carbocycles. The van der Waals surface area contributed by atoms with Gasteiger partial charge in [-0.25, -0.2) is 0 Å². The van der Waals surface area contributed by atoms with Gasteiger partial charge < -0.3 is 10.2 Å². The first-order valence-electron chi connectivity index (χ1n) is 8.58. The molecule has 132 valence electrons. The van der Waals surface area contributed by atoms with E-state index in [1.165, 1.54) is 5.56 Å². The van der Waals surface area contributed by atoms with Crippen LogP contribution in [0.2, 0.25) is 0 Å². The predicted molar refractivity (Wildman–Crippen MR) is 101 cm³/mol. The fourth-order valence-electron chi connectivity index (χ4n) is 2.52. The average molecular weight is 338 g/mol. The van der Waals surface area contributed by atoms with Crippen LogP contribution >= 0.6 is 0 Å². The van der Waals surface area contributed by atoms with E-state index in [4.69, 9.17) is 0 Å². The van der Waals surface area contributed by atoms with Gasteiger partial charge in [0, 0.05) is 19.2 Å². The largest absolute Gasteiger partial charge is 0.343 e. The van der Waals surface area contributed by atoms with Gasteiger partial charge >= 0.3 is 0 Å². The zero-order valence-corrected chi connectivity index (χ0v) is 15.4. The Morgan fingerprint density at radius 2 is 1.60 bits per heavy atom. The summed E-state index contributed by atoms with van der Waals surface area (Å²) in [4.78, 5) is 26.0. The third-order valence-corrected chi connectivity index (χ3v) is 4.45. The second kappa shape index (κ2) is 8.47. The van der Waals surface area contributed by atoms with Gasteiger partial charge in [-0.2, -0.15) is 0 Å². The van der Waals surface area contributed by atoms with Crippen molar-refractivity contribution in [1.29, 1.82) is 0 Å². The van der Waals surface area contributed by atoms with Crippen LogP contribution < -0.4 is 5.32 Å². The summed E-state index contributed by atoms with van der Waals surface area (Å²) in [6.45, 7) is 6.61. The van der Waals surface area contributed by atoms with E-state index < -0.39 is 0 Å². The molecule has 0 saturated heterocycles. The second-order valence-corrected chi connectivity index (χ2v) is 6.40. The van der Waals surface area contributed by atoms with Crippen LogP contribution in [0.1, 0.15) is 39.5 Å². The van der Waals surface area contributed by atoms with Crippen molar-refractivity contribution in [2.24, 2.45) is 0 Å². The molecule has 0 atom stereocenters. The molecule has 25 heavy (non-hydrogen) atoms. The molecule has 2 aromatic rings. The first-order chi connectivity index (χ1) is 11.9. The lowest BCUT2D eigenvalue weighted by molar-refractivity contribution is -0.129. The molecule has 2 amide bonds. The maximum absolute atomic E-state index is 12.2. The molecule has 4 heteroatoms. The first kappa shape index (κ1) is 18.7. The lowest BCUT2D eigenvalue weighted by Crippen LogP contribution is -2.37. The molecule has 0 radical (unpaired) electrons. The van der Waals surface area contributed by atoms with Crippen LogP contribution in [-0.4, -0.2) is 30.3 Å². The number of rotatable bonds is 6. The van der Waals surface area contributed by atoms with Crippen LogP contribution in [0.25, 0.3) is 0 Å². The Balaban J connectivity index is 1.87. The van der Waals surface area contributed by atoms with Crippen molar-refractivity contribution >= 4 is 11.8 Å². The summed E-state index contributed by atoms with van der Waals surface area (Å²) in [5.74, 6) is -0.339. The third-order valence-electron chi connectivity index (χ3n) is 4.45. The minimum atomic E-state index is -0.225. The molecule has 0 fully saturated rings. The average Bonchev–Trinajstić information content (AvgIpc) is 2.62. The number of carbonyl (C=O) groups excluding carboxylic acids is 2. The van der Waals surface area contributed by atoms with Gasteiger partial charge in [-0.1, -0.05) is 37.3 Å². The number of benzene rings is 2. The van der Waals surface area contributed by atoms with E-state index in [1.54, 1.807) is 18.0 Å². The Morgan fingerprint density at radius 3 is 2.20 bits per heavy atom. The molecule has 0 spiro atoms. The number of hydrogen-bond acceptors (Lipinski definition) is 2. The first-order valence-corrected chi connectivity index (χ1v) is 8.58. The Morgan fingerprint density at radius 1 is 0.960 bits per heavy atom. The lowest BCUT2D eigenvalue weighted by atomic mass is 10.1. The Kier molecular flexibility index (Phi) is 6.34. The van der Waals surface area contributed by atoms with Gasteiger partial charge in [0.1, 0.15) is 0 Å². The van der Waals surface area contributed by atoms with Gasteiger partial charge in [0.15, 0.2) is 0 Å². The number of nitrogens with one attached hydrogen (secondary N) is 1. The minimum absolute atomic E-state index is 0.00466. The normalized spacial score (nSPS) is 10.4. The summed E-state index contributed by atoms with van der Waals surface area (Å²) in [5.41, 5.74) is 5.13. The molecule has 0 bridgehead atoms. The summed E-state index contributed by atoms with van der Waals surface area (Å²) < 4.78 is 0. The Hall–Kier alpha value is -2.62. The molecular weight excluding hydrogens is 312 g/mol.